The minimum Gasteiger partial charge on any atom is -0.257 e. The summed E-state index contributed by atoms with van der Waals surface area (Å²) in [7, 11) is 0. The topological polar surface area (TPSA) is 49.6 Å². The van der Waals surface area contributed by atoms with Crippen LogP contribution in [0.2, 0.25) is 0 Å². The fraction of sp³-hybridized carbons (Fsp3) is 0.500. The van der Waals surface area contributed by atoms with Crippen LogP contribution in [0.3, 0.4) is 0 Å². The second-order valence-electron chi connectivity index (χ2n) is 3.32. The molecule has 3 heteroatoms. The van der Waals surface area contributed by atoms with Gasteiger partial charge in [-0.2, -0.15) is 5.26 Å². The standard InChI is InChI=1S/C10H13N3/c1-7(2)10-8(3)13-9(4-5-11)6-12-10/h6-7H,4H2,1-3H3. The van der Waals surface area contributed by atoms with Gasteiger partial charge in [-0.05, 0) is 12.8 Å². The molecule has 68 valence electrons. The van der Waals surface area contributed by atoms with Gasteiger partial charge in [0, 0.05) is 6.20 Å². The molecule has 0 spiro atoms. The summed E-state index contributed by atoms with van der Waals surface area (Å²) in [6.45, 7) is 6.10. The van der Waals surface area contributed by atoms with Crippen molar-refractivity contribution in [2.75, 3.05) is 0 Å². The summed E-state index contributed by atoms with van der Waals surface area (Å²) in [5, 5.41) is 8.47. The molecule has 1 rings (SSSR count). The van der Waals surface area contributed by atoms with E-state index in [1.54, 1.807) is 6.20 Å². The summed E-state index contributed by atoms with van der Waals surface area (Å²) < 4.78 is 0. The van der Waals surface area contributed by atoms with E-state index in [0.717, 1.165) is 17.1 Å². The highest BCUT2D eigenvalue weighted by atomic mass is 14.8. The van der Waals surface area contributed by atoms with Crippen molar-refractivity contribution in [1.82, 2.24) is 9.97 Å². The molecular formula is C10H13N3. The van der Waals surface area contributed by atoms with Crippen LogP contribution in [-0.4, -0.2) is 9.97 Å². The predicted molar refractivity (Wildman–Crippen MR) is 50.2 cm³/mol. The van der Waals surface area contributed by atoms with Gasteiger partial charge in [0.15, 0.2) is 0 Å². The van der Waals surface area contributed by atoms with Crippen LogP contribution in [0.15, 0.2) is 6.20 Å². The maximum atomic E-state index is 8.47. The van der Waals surface area contributed by atoms with Crippen molar-refractivity contribution in [2.45, 2.75) is 33.1 Å². The fourth-order valence-electron chi connectivity index (χ4n) is 1.27. The number of nitriles is 1. The molecule has 0 fully saturated rings. The van der Waals surface area contributed by atoms with Crippen molar-refractivity contribution in [2.24, 2.45) is 0 Å². The summed E-state index contributed by atoms with van der Waals surface area (Å²) in [5.74, 6) is 0.392. The van der Waals surface area contributed by atoms with Gasteiger partial charge in [0.2, 0.25) is 0 Å². The Kier molecular flexibility index (Phi) is 2.97. The summed E-state index contributed by atoms with van der Waals surface area (Å²) in [6.07, 6.45) is 2.03. The van der Waals surface area contributed by atoms with Crippen LogP contribution in [0.25, 0.3) is 0 Å². The van der Waals surface area contributed by atoms with Crippen LogP contribution in [-0.2, 0) is 6.42 Å². The molecule has 0 aliphatic carbocycles. The first kappa shape index (κ1) is 9.66. The van der Waals surface area contributed by atoms with Crippen LogP contribution in [0.5, 0.6) is 0 Å². The zero-order chi connectivity index (χ0) is 9.84. The maximum absolute atomic E-state index is 8.47. The molecule has 3 nitrogen and oxygen atoms in total. The quantitative estimate of drug-likeness (QED) is 0.690. The van der Waals surface area contributed by atoms with E-state index in [1.165, 1.54) is 0 Å². The molecule has 0 saturated heterocycles. The first-order valence-corrected chi connectivity index (χ1v) is 4.34. The van der Waals surface area contributed by atoms with E-state index in [1.807, 2.05) is 6.92 Å². The molecule has 13 heavy (non-hydrogen) atoms. The van der Waals surface area contributed by atoms with Crippen LogP contribution in [0.4, 0.5) is 0 Å². The largest absolute Gasteiger partial charge is 0.257 e. The number of hydrogen-bond acceptors (Lipinski definition) is 3. The average molecular weight is 175 g/mol. The molecule has 0 aliphatic rings. The lowest BCUT2D eigenvalue weighted by Crippen LogP contribution is -2.02. The highest BCUT2D eigenvalue weighted by molar-refractivity contribution is 5.16. The lowest BCUT2D eigenvalue weighted by atomic mass is 10.1. The van der Waals surface area contributed by atoms with E-state index in [-0.39, 0.29) is 0 Å². The molecule has 0 amide bonds. The van der Waals surface area contributed by atoms with Gasteiger partial charge in [0.05, 0.1) is 29.6 Å². The number of rotatable bonds is 2. The molecule has 0 saturated carbocycles. The van der Waals surface area contributed by atoms with Gasteiger partial charge in [0.1, 0.15) is 0 Å². The molecule has 0 aromatic carbocycles. The summed E-state index contributed by atoms with van der Waals surface area (Å²) in [5.41, 5.74) is 2.70. The van der Waals surface area contributed by atoms with Crippen molar-refractivity contribution < 1.29 is 0 Å². The highest BCUT2D eigenvalue weighted by Crippen LogP contribution is 2.14. The normalized spacial score (nSPS) is 10.1. The first-order chi connectivity index (χ1) is 6.15. The fourth-order valence-corrected chi connectivity index (χ4v) is 1.27. The Morgan fingerprint density at radius 2 is 2.23 bits per heavy atom. The maximum Gasteiger partial charge on any atom is 0.0790 e. The molecule has 0 bridgehead atoms. The Morgan fingerprint density at radius 1 is 1.54 bits per heavy atom. The van der Waals surface area contributed by atoms with Crippen molar-refractivity contribution in [3.8, 4) is 6.07 Å². The second kappa shape index (κ2) is 3.99. The summed E-state index contributed by atoms with van der Waals surface area (Å²) >= 11 is 0. The van der Waals surface area contributed by atoms with Crippen LogP contribution < -0.4 is 0 Å². The summed E-state index contributed by atoms with van der Waals surface area (Å²) in [6, 6.07) is 2.06. The van der Waals surface area contributed by atoms with Crippen LogP contribution in [0.1, 0.15) is 36.8 Å². The molecule has 1 aromatic rings. The van der Waals surface area contributed by atoms with Gasteiger partial charge in [0.25, 0.3) is 0 Å². The van der Waals surface area contributed by atoms with Gasteiger partial charge in [-0.1, -0.05) is 13.8 Å². The number of aryl methyl sites for hydroxylation is 1. The summed E-state index contributed by atoms with van der Waals surface area (Å²) in [4.78, 5) is 8.58. The third-order valence-corrected chi connectivity index (χ3v) is 1.84. The van der Waals surface area contributed by atoms with Crippen LogP contribution in [0, 0.1) is 18.3 Å². The van der Waals surface area contributed by atoms with Crippen molar-refractivity contribution >= 4 is 0 Å². The zero-order valence-corrected chi connectivity index (χ0v) is 8.20. The SMILES string of the molecule is Cc1nc(CC#N)cnc1C(C)C. The average Bonchev–Trinajstić information content (AvgIpc) is 2.04. The Morgan fingerprint density at radius 3 is 2.69 bits per heavy atom. The van der Waals surface area contributed by atoms with Gasteiger partial charge in [-0.3, -0.25) is 9.97 Å². The Bertz CT molecular complexity index is 337. The number of hydrogen-bond donors (Lipinski definition) is 0. The van der Waals surface area contributed by atoms with Crippen LogP contribution >= 0.6 is 0 Å². The first-order valence-electron chi connectivity index (χ1n) is 4.34. The van der Waals surface area contributed by atoms with E-state index in [4.69, 9.17) is 5.26 Å². The third-order valence-electron chi connectivity index (χ3n) is 1.84. The van der Waals surface area contributed by atoms with Crippen molar-refractivity contribution in [1.29, 1.82) is 5.26 Å². The molecule has 0 atom stereocenters. The van der Waals surface area contributed by atoms with E-state index in [0.29, 0.717) is 12.3 Å². The third kappa shape index (κ3) is 2.25. The van der Waals surface area contributed by atoms with Gasteiger partial charge < -0.3 is 0 Å². The van der Waals surface area contributed by atoms with E-state index in [9.17, 15) is 0 Å². The molecule has 1 heterocycles. The molecular weight excluding hydrogens is 162 g/mol. The Hall–Kier alpha value is -1.43. The minimum absolute atomic E-state index is 0.339. The van der Waals surface area contributed by atoms with E-state index >= 15 is 0 Å². The Balaban J connectivity index is 3.00. The number of nitrogens with zero attached hydrogens (tertiary/aromatic N) is 3. The van der Waals surface area contributed by atoms with Gasteiger partial charge >= 0.3 is 0 Å². The Labute approximate surface area is 78.5 Å². The number of aromatic nitrogens is 2. The zero-order valence-electron chi connectivity index (χ0n) is 8.20. The highest BCUT2D eigenvalue weighted by Gasteiger charge is 2.06. The predicted octanol–water partition coefficient (Wildman–Crippen LogP) is 1.97. The van der Waals surface area contributed by atoms with Gasteiger partial charge in [-0.15, -0.1) is 0 Å². The van der Waals surface area contributed by atoms with E-state index in [2.05, 4.69) is 29.9 Å². The lowest BCUT2D eigenvalue weighted by molar-refractivity contribution is 0.787. The molecule has 0 unspecified atom stereocenters. The smallest absolute Gasteiger partial charge is 0.0790 e. The van der Waals surface area contributed by atoms with E-state index < -0.39 is 0 Å². The minimum atomic E-state index is 0.339. The van der Waals surface area contributed by atoms with Crippen molar-refractivity contribution in [3.63, 3.8) is 0 Å². The van der Waals surface area contributed by atoms with Gasteiger partial charge in [-0.25, -0.2) is 0 Å². The lowest BCUT2D eigenvalue weighted by Gasteiger charge is -2.07. The monoisotopic (exact) mass is 175 g/mol. The second-order valence-corrected chi connectivity index (χ2v) is 3.32. The molecule has 0 radical (unpaired) electrons. The van der Waals surface area contributed by atoms with Crippen molar-refractivity contribution in [3.05, 3.63) is 23.3 Å². The molecule has 1 aromatic heterocycles. The molecule has 0 aliphatic heterocycles. The molecule has 0 N–H and O–H groups in total.